The van der Waals surface area contributed by atoms with Crippen molar-refractivity contribution >= 4 is 34.8 Å². The molecule has 3 rings (SSSR count). The van der Waals surface area contributed by atoms with Crippen molar-refractivity contribution < 1.29 is 9.18 Å². The molecule has 1 saturated heterocycles. The smallest absolute Gasteiger partial charge is 0.242 e. The van der Waals surface area contributed by atoms with E-state index in [-0.39, 0.29) is 23.6 Å². The number of rotatable bonds is 5. The van der Waals surface area contributed by atoms with Gasteiger partial charge in [0, 0.05) is 17.3 Å². The van der Waals surface area contributed by atoms with Crippen molar-refractivity contribution in [3.8, 4) is 0 Å². The standard InChI is InChI=1S/C16H16Cl2FN5O/c17-10-2-4-11(5-3-10)21-15-14(22-24-23-15)16(25)20-8-9-1-6-13(19)12(18)7-9/h1-7,14-15,21-24H,8H2,(H,20,25). The quantitative estimate of drug-likeness (QED) is 0.546. The molecule has 0 saturated carbocycles. The van der Waals surface area contributed by atoms with E-state index in [1.165, 1.54) is 12.1 Å². The zero-order valence-corrected chi connectivity index (χ0v) is 14.5. The number of carbonyl (C=O) groups excluding carboxylic acids is 1. The van der Waals surface area contributed by atoms with Gasteiger partial charge in [-0.05, 0) is 42.0 Å². The lowest BCUT2D eigenvalue weighted by molar-refractivity contribution is -0.123. The minimum absolute atomic E-state index is 0.0244. The van der Waals surface area contributed by atoms with Gasteiger partial charge < -0.3 is 10.6 Å². The summed E-state index contributed by atoms with van der Waals surface area (Å²) in [5.41, 5.74) is 10.0. The molecule has 1 aliphatic rings. The second kappa shape index (κ2) is 7.99. The number of carbonyl (C=O) groups is 1. The molecule has 9 heteroatoms. The molecule has 0 aromatic heterocycles. The average Bonchev–Trinajstić information content (AvgIpc) is 3.06. The highest BCUT2D eigenvalue weighted by Crippen LogP contribution is 2.17. The molecular formula is C16H16Cl2FN5O. The Morgan fingerprint density at radius 3 is 2.60 bits per heavy atom. The van der Waals surface area contributed by atoms with Crippen molar-refractivity contribution in [1.82, 2.24) is 21.7 Å². The van der Waals surface area contributed by atoms with E-state index < -0.39 is 11.9 Å². The Bertz CT molecular complexity index is 759. The van der Waals surface area contributed by atoms with Gasteiger partial charge in [0.2, 0.25) is 5.91 Å². The third-order valence-electron chi connectivity index (χ3n) is 3.69. The highest BCUT2D eigenvalue weighted by Gasteiger charge is 2.32. The van der Waals surface area contributed by atoms with Gasteiger partial charge in [-0.2, -0.15) is 5.53 Å². The van der Waals surface area contributed by atoms with E-state index in [1.54, 1.807) is 18.2 Å². The number of anilines is 1. The van der Waals surface area contributed by atoms with Crippen LogP contribution in [-0.2, 0) is 11.3 Å². The number of hydrogen-bond acceptors (Lipinski definition) is 5. The summed E-state index contributed by atoms with van der Waals surface area (Å²) in [7, 11) is 0. The predicted octanol–water partition coefficient (Wildman–Crippen LogP) is 2.17. The Morgan fingerprint density at radius 1 is 1.12 bits per heavy atom. The van der Waals surface area contributed by atoms with Crippen LogP contribution in [0, 0.1) is 5.82 Å². The van der Waals surface area contributed by atoms with Crippen molar-refractivity contribution in [2.24, 2.45) is 0 Å². The van der Waals surface area contributed by atoms with Crippen molar-refractivity contribution in [1.29, 1.82) is 0 Å². The molecule has 2 unspecified atom stereocenters. The van der Waals surface area contributed by atoms with E-state index in [2.05, 4.69) is 27.0 Å². The number of halogens is 3. The molecule has 2 atom stereocenters. The zero-order chi connectivity index (χ0) is 17.8. The van der Waals surface area contributed by atoms with E-state index in [4.69, 9.17) is 23.2 Å². The molecule has 132 valence electrons. The van der Waals surface area contributed by atoms with Gasteiger partial charge in [-0.1, -0.05) is 29.3 Å². The summed E-state index contributed by atoms with van der Waals surface area (Å²) in [4.78, 5) is 12.4. The molecule has 0 spiro atoms. The number of amides is 1. The maximum atomic E-state index is 13.2. The first-order valence-electron chi connectivity index (χ1n) is 7.53. The average molecular weight is 384 g/mol. The zero-order valence-electron chi connectivity index (χ0n) is 12.9. The van der Waals surface area contributed by atoms with Crippen LogP contribution in [0.1, 0.15) is 5.56 Å². The molecule has 2 aromatic rings. The van der Waals surface area contributed by atoms with E-state index >= 15 is 0 Å². The molecule has 0 aliphatic carbocycles. The highest BCUT2D eigenvalue weighted by molar-refractivity contribution is 6.31. The molecule has 2 aromatic carbocycles. The van der Waals surface area contributed by atoms with E-state index in [0.29, 0.717) is 10.6 Å². The van der Waals surface area contributed by atoms with Gasteiger partial charge in [0.1, 0.15) is 18.0 Å². The van der Waals surface area contributed by atoms with Crippen LogP contribution in [0.5, 0.6) is 0 Å². The minimum Gasteiger partial charge on any atom is -0.367 e. The number of hydrazine groups is 2. The van der Waals surface area contributed by atoms with Gasteiger partial charge in [0.05, 0.1) is 5.02 Å². The first-order valence-corrected chi connectivity index (χ1v) is 8.28. The first-order chi connectivity index (χ1) is 12.0. The first kappa shape index (κ1) is 17.9. The van der Waals surface area contributed by atoms with Crippen molar-refractivity contribution in [3.05, 3.63) is 63.9 Å². The van der Waals surface area contributed by atoms with Crippen molar-refractivity contribution in [2.45, 2.75) is 18.8 Å². The van der Waals surface area contributed by atoms with E-state index in [1.807, 2.05) is 12.1 Å². The van der Waals surface area contributed by atoms with Gasteiger partial charge in [-0.3, -0.25) is 4.79 Å². The summed E-state index contributed by atoms with van der Waals surface area (Å²) in [5.74, 6) is -0.723. The fourth-order valence-electron chi connectivity index (χ4n) is 2.37. The number of hydrogen-bond donors (Lipinski definition) is 5. The Kier molecular flexibility index (Phi) is 5.72. The lowest BCUT2D eigenvalue weighted by Gasteiger charge is -2.20. The van der Waals surface area contributed by atoms with Crippen LogP contribution >= 0.6 is 23.2 Å². The van der Waals surface area contributed by atoms with Gasteiger partial charge >= 0.3 is 0 Å². The third-order valence-corrected chi connectivity index (χ3v) is 4.23. The van der Waals surface area contributed by atoms with Crippen LogP contribution in [0.15, 0.2) is 42.5 Å². The van der Waals surface area contributed by atoms with Crippen LogP contribution in [0.3, 0.4) is 0 Å². The topological polar surface area (TPSA) is 77.2 Å². The fraction of sp³-hybridized carbons (Fsp3) is 0.188. The maximum Gasteiger partial charge on any atom is 0.242 e. The Balaban J connectivity index is 1.58. The Hall–Kier alpha value is -1.90. The van der Waals surface area contributed by atoms with Crippen LogP contribution in [0.2, 0.25) is 10.0 Å². The molecule has 25 heavy (non-hydrogen) atoms. The normalized spacial score (nSPS) is 19.6. The molecular weight excluding hydrogens is 368 g/mol. The van der Waals surface area contributed by atoms with Crippen LogP contribution < -0.4 is 27.0 Å². The fourth-order valence-corrected chi connectivity index (χ4v) is 2.70. The van der Waals surface area contributed by atoms with Crippen LogP contribution in [0.4, 0.5) is 10.1 Å². The van der Waals surface area contributed by atoms with Crippen LogP contribution in [-0.4, -0.2) is 18.1 Å². The number of benzene rings is 2. The van der Waals surface area contributed by atoms with Gasteiger partial charge in [-0.25, -0.2) is 15.2 Å². The number of nitrogens with one attached hydrogen (secondary N) is 5. The summed E-state index contributed by atoms with van der Waals surface area (Å²) in [6.07, 6.45) is -0.377. The molecule has 1 fully saturated rings. The lowest BCUT2D eigenvalue weighted by atomic mass is 10.2. The molecule has 5 N–H and O–H groups in total. The summed E-state index contributed by atoms with van der Waals surface area (Å²) in [5, 5.41) is 6.63. The molecule has 1 amide bonds. The highest BCUT2D eigenvalue weighted by atomic mass is 35.5. The monoisotopic (exact) mass is 383 g/mol. The second-order valence-corrected chi connectivity index (χ2v) is 6.33. The largest absolute Gasteiger partial charge is 0.367 e. The van der Waals surface area contributed by atoms with Gasteiger partial charge in [-0.15, -0.1) is 0 Å². The maximum absolute atomic E-state index is 13.2. The van der Waals surface area contributed by atoms with Crippen molar-refractivity contribution in [2.75, 3.05) is 5.32 Å². The summed E-state index contributed by atoms with van der Waals surface area (Å²) < 4.78 is 13.2. The minimum atomic E-state index is -0.563. The molecule has 6 nitrogen and oxygen atoms in total. The summed E-state index contributed by atoms with van der Waals surface area (Å²) in [6.45, 7) is 0.241. The van der Waals surface area contributed by atoms with Crippen molar-refractivity contribution in [3.63, 3.8) is 0 Å². The summed E-state index contributed by atoms with van der Waals surface area (Å²) >= 11 is 11.6. The van der Waals surface area contributed by atoms with Gasteiger partial charge in [0.15, 0.2) is 0 Å². The van der Waals surface area contributed by atoms with E-state index in [0.717, 1.165) is 5.69 Å². The lowest BCUT2D eigenvalue weighted by Crippen LogP contribution is -2.50. The van der Waals surface area contributed by atoms with E-state index in [9.17, 15) is 9.18 Å². The third kappa shape index (κ3) is 4.59. The molecule has 0 bridgehead atoms. The molecule has 1 aliphatic heterocycles. The SMILES string of the molecule is O=C(NCc1ccc(F)c(Cl)c1)C1NNNC1Nc1ccc(Cl)cc1. The Labute approximate surface area is 154 Å². The summed E-state index contributed by atoms with van der Waals surface area (Å²) in [6, 6.07) is 10.9. The predicted molar refractivity (Wildman–Crippen MR) is 95.3 cm³/mol. The molecule has 0 radical (unpaired) electrons. The Morgan fingerprint density at radius 2 is 1.88 bits per heavy atom. The van der Waals surface area contributed by atoms with Crippen LogP contribution in [0.25, 0.3) is 0 Å². The molecule has 1 heterocycles. The second-order valence-electron chi connectivity index (χ2n) is 5.49. The van der Waals surface area contributed by atoms with Gasteiger partial charge in [0.25, 0.3) is 0 Å².